The largest absolute Gasteiger partial charge is 0.466 e. The Bertz CT molecular complexity index is 712. The molecule has 1 aromatic carbocycles. The lowest BCUT2D eigenvalue weighted by atomic mass is 10.1. The Hall–Kier alpha value is -2.08. The van der Waals surface area contributed by atoms with Gasteiger partial charge in [-0.15, -0.1) is 0 Å². The van der Waals surface area contributed by atoms with E-state index in [1.807, 2.05) is 26.0 Å². The summed E-state index contributed by atoms with van der Waals surface area (Å²) in [5.41, 5.74) is 6.62. The molecule has 0 saturated carbocycles. The Kier molecular flexibility index (Phi) is 4.02. The average Bonchev–Trinajstić information content (AvgIpc) is 2.81. The first-order valence-electron chi connectivity index (χ1n) is 8.10. The van der Waals surface area contributed by atoms with Crippen molar-refractivity contribution in [2.24, 2.45) is 0 Å². The van der Waals surface area contributed by atoms with Crippen LogP contribution in [0.1, 0.15) is 40.0 Å². The highest BCUT2D eigenvalue weighted by molar-refractivity contribution is 5.91. The summed E-state index contributed by atoms with van der Waals surface area (Å²) < 4.78 is 6.20. The van der Waals surface area contributed by atoms with Crippen molar-refractivity contribution in [3.63, 3.8) is 0 Å². The zero-order valence-electron chi connectivity index (χ0n) is 13.9. The number of nitrogens with zero attached hydrogens (tertiary/aromatic N) is 3. The van der Waals surface area contributed by atoms with Crippen molar-refractivity contribution < 1.29 is 9.84 Å². The van der Waals surface area contributed by atoms with E-state index in [4.69, 9.17) is 10.5 Å². The third kappa shape index (κ3) is 3.17. The van der Waals surface area contributed by atoms with E-state index >= 15 is 0 Å². The molecule has 124 valence electrons. The number of hydrogen-bond donors (Lipinski definition) is 2. The van der Waals surface area contributed by atoms with Gasteiger partial charge in [-0.3, -0.25) is 0 Å². The molecule has 0 radical (unpaired) electrons. The predicted molar refractivity (Wildman–Crippen MR) is 91.5 cm³/mol. The molecule has 0 fully saturated rings. The fourth-order valence-corrected chi connectivity index (χ4v) is 2.97. The van der Waals surface area contributed by atoms with E-state index in [1.54, 1.807) is 6.20 Å². The summed E-state index contributed by atoms with van der Waals surface area (Å²) in [6, 6.07) is 3.98. The highest BCUT2D eigenvalue weighted by Gasteiger charge is 2.35. The van der Waals surface area contributed by atoms with Gasteiger partial charge >= 0.3 is 0 Å². The number of ether oxygens (including phenoxy) is 1. The molecule has 0 aliphatic carbocycles. The van der Waals surface area contributed by atoms with Crippen molar-refractivity contribution >= 4 is 22.5 Å². The predicted octanol–water partition coefficient (Wildman–Crippen LogP) is 2.70. The number of rotatable bonds is 5. The van der Waals surface area contributed by atoms with Gasteiger partial charge in [0.05, 0.1) is 11.3 Å². The van der Waals surface area contributed by atoms with Crippen molar-refractivity contribution in [1.29, 1.82) is 0 Å². The van der Waals surface area contributed by atoms with Gasteiger partial charge in [0, 0.05) is 24.5 Å². The van der Waals surface area contributed by atoms with Crippen molar-refractivity contribution in [2.75, 3.05) is 17.2 Å². The van der Waals surface area contributed by atoms with Crippen molar-refractivity contribution in [2.45, 2.75) is 51.9 Å². The molecule has 1 atom stereocenters. The van der Waals surface area contributed by atoms with Crippen molar-refractivity contribution in [1.82, 2.24) is 9.97 Å². The maximum atomic E-state index is 10.3. The van der Waals surface area contributed by atoms with Crippen LogP contribution in [0.2, 0.25) is 0 Å². The van der Waals surface area contributed by atoms with Crippen LogP contribution in [0, 0.1) is 0 Å². The monoisotopic (exact) mass is 316 g/mol. The first-order chi connectivity index (χ1) is 10.9. The summed E-state index contributed by atoms with van der Waals surface area (Å²) in [7, 11) is 0. The smallest absolute Gasteiger partial charge is 0.220 e. The minimum atomic E-state index is -0.810. The number of hydrogen-bond acceptors (Lipinski definition) is 6. The van der Waals surface area contributed by atoms with Gasteiger partial charge in [0.2, 0.25) is 5.95 Å². The molecule has 3 N–H and O–H groups in total. The Morgan fingerprint density at radius 3 is 2.87 bits per heavy atom. The second-order valence-corrected chi connectivity index (χ2v) is 6.73. The molecular formula is C17H24N4O2. The molecule has 0 spiro atoms. The molecule has 1 aromatic heterocycles. The average molecular weight is 316 g/mol. The summed E-state index contributed by atoms with van der Waals surface area (Å²) in [4.78, 5) is 10.5. The van der Waals surface area contributed by atoms with Crippen LogP contribution < -0.4 is 15.4 Å². The fourth-order valence-electron chi connectivity index (χ4n) is 2.97. The Labute approximate surface area is 136 Å². The molecule has 0 amide bonds. The maximum Gasteiger partial charge on any atom is 0.220 e. The topological polar surface area (TPSA) is 84.5 Å². The Morgan fingerprint density at radius 2 is 2.17 bits per heavy atom. The number of benzene rings is 1. The summed E-state index contributed by atoms with van der Waals surface area (Å²) in [6.07, 6.45) is 4.70. The van der Waals surface area contributed by atoms with E-state index in [1.165, 1.54) is 0 Å². The summed E-state index contributed by atoms with van der Waals surface area (Å²) >= 11 is 0. The van der Waals surface area contributed by atoms with E-state index in [2.05, 4.69) is 21.8 Å². The molecule has 23 heavy (non-hydrogen) atoms. The number of nitrogens with two attached hydrogens (primary N) is 1. The number of nitrogen functional groups attached to an aromatic ring is 1. The van der Waals surface area contributed by atoms with Gasteiger partial charge in [0.15, 0.2) is 12.0 Å². The molecule has 0 bridgehead atoms. The second kappa shape index (κ2) is 5.85. The van der Waals surface area contributed by atoms with E-state index in [-0.39, 0.29) is 12.2 Å². The molecule has 2 aromatic rings. The molecular weight excluding hydrogens is 292 g/mol. The van der Waals surface area contributed by atoms with Crippen LogP contribution in [0.3, 0.4) is 0 Å². The number of anilines is 2. The number of unbranched alkanes of at least 4 members (excludes halogenated alkanes) is 1. The quantitative estimate of drug-likeness (QED) is 0.882. The lowest BCUT2D eigenvalue weighted by molar-refractivity contribution is 0.0766. The molecule has 1 aliphatic rings. The Balaban J connectivity index is 2.04. The first kappa shape index (κ1) is 15.8. The van der Waals surface area contributed by atoms with Gasteiger partial charge in [-0.25, -0.2) is 9.97 Å². The molecule has 3 rings (SSSR count). The third-order valence-electron chi connectivity index (χ3n) is 3.98. The minimum Gasteiger partial charge on any atom is -0.466 e. The van der Waals surface area contributed by atoms with Crippen LogP contribution in [0.4, 0.5) is 11.6 Å². The van der Waals surface area contributed by atoms with Gasteiger partial charge in [0.1, 0.15) is 5.52 Å². The number of aromatic nitrogens is 2. The number of β-amino-alcohol motifs (C(OH)–C–C–N with tert-alkyl or cyclic N) is 1. The highest BCUT2D eigenvalue weighted by Crippen LogP contribution is 2.43. The fraction of sp³-hybridized carbons (Fsp3) is 0.529. The normalized spacial score (nSPS) is 17.4. The van der Waals surface area contributed by atoms with E-state index in [0.717, 1.165) is 41.6 Å². The molecule has 0 saturated heterocycles. The zero-order valence-corrected chi connectivity index (χ0v) is 13.9. The molecule has 2 heterocycles. The van der Waals surface area contributed by atoms with Gasteiger partial charge in [-0.2, -0.15) is 0 Å². The van der Waals surface area contributed by atoms with Crippen LogP contribution in [0.5, 0.6) is 5.75 Å². The van der Waals surface area contributed by atoms with Crippen LogP contribution in [-0.2, 0) is 0 Å². The molecule has 6 nitrogen and oxygen atoms in total. The van der Waals surface area contributed by atoms with Crippen LogP contribution in [-0.4, -0.2) is 33.4 Å². The standard InChI is InChI=1S/C17H24N4O2/c1-4-5-6-13-21(10-17(2,3)22)12-8-7-11-9-19-16(18)20-14(11)15(12)23-13/h7-9,13,22H,4-6,10H2,1-3H3,(H2,18,19,20). The Morgan fingerprint density at radius 1 is 1.39 bits per heavy atom. The highest BCUT2D eigenvalue weighted by atomic mass is 16.5. The van der Waals surface area contributed by atoms with E-state index < -0.39 is 5.60 Å². The second-order valence-electron chi connectivity index (χ2n) is 6.73. The van der Waals surface area contributed by atoms with Gasteiger partial charge in [0.25, 0.3) is 0 Å². The van der Waals surface area contributed by atoms with Crippen LogP contribution in [0.15, 0.2) is 18.3 Å². The van der Waals surface area contributed by atoms with E-state index in [0.29, 0.717) is 6.54 Å². The lowest BCUT2D eigenvalue weighted by Gasteiger charge is -2.31. The van der Waals surface area contributed by atoms with Crippen molar-refractivity contribution in [3.05, 3.63) is 18.3 Å². The SMILES string of the molecule is CCCCC1Oc2c(ccc3cnc(N)nc23)N1CC(C)(C)O. The molecule has 1 aliphatic heterocycles. The maximum absolute atomic E-state index is 10.3. The summed E-state index contributed by atoms with van der Waals surface area (Å²) in [6.45, 7) is 6.28. The minimum absolute atomic E-state index is 0.0850. The summed E-state index contributed by atoms with van der Waals surface area (Å²) in [5.74, 6) is 0.975. The first-order valence-corrected chi connectivity index (χ1v) is 8.10. The molecule has 1 unspecified atom stereocenters. The van der Waals surface area contributed by atoms with Crippen molar-refractivity contribution in [3.8, 4) is 5.75 Å². The summed E-state index contributed by atoms with van der Waals surface area (Å²) in [5, 5.41) is 11.2. The van der Waals surface area contributed by atoms with E-state index in [9.17, 15) is 5.11 Å². The molecule has 6 heteroatoms. The van der Waals surface area contributed by atoms with Crippen LogP contribution in [0.25, 0.3) is 10.9 Å². The number of aliphatic hydroxyl groups is 1. The van der Waals surface area contributed by atoms with Crippen LogP contribution >= 0.6 is 0 Å². The zero-order chi connectivity index (χ0) is 16.6. The lowest BCUT2D eigenvalue weighted by Crippen LogP contribution is -2.44. The third-order valence-corrected chi connectivity index (χ3v) is 3.98. The van der Waals surface area contributed by atoms with Gasteiger partial charge in [-0.05, 0) is 32.4 Å². The van der Waals surface area contributed by atoms with Gasteiger partial charge < -0.3 is 20.5 Å². The number of fused-ring (bicyclic) bond motifs is 3. The van der Waals surface area contributed by atoms with Gasteiger partial charge in [-0.1, -0.05) is 13.3 Å².